The van der Waals surface area contributed by atoms with Gasteiger partial charge in [0.1, 0.15) is 0 Å². The largest absolute Gasteiger partial charge is 0.417 e. The summed E-state index contributed by atoms with van der Waals surface area (Å²) in [6, 6.07) is 7.61. The van der Waals surface area contributed by atoms with Crippen LogP contribution < -0.4 is 10.1 Å². The quantitative estimate of drug-likeness (QED) is 0.867. The highest BCUT2D eigenvalue weighted by Crippen LogP contribution is 2.60. The maximum absolute atomic E-state index is 12.9. The number of carbonyl (C=O) groups is 1. The summed E-state index contributed by atoms with van der Waals surface area (Å²) in [5.41, 5.74) is 1.24. The number of ether oxygens (including phenoxy) is 1. The van der Waals surface area contributed by atoms with Crippen molar-refractivity contribution in [2.45, 2.75) is 31.6 Å². The van der Waals surface area contributed by atoms with Crippen LogP contribution in [0.4, 0.5) is 19.3 Å². The number of benzene rings is 1. The standard InChI is InChI=1S/C18H19F2N3O2/c1-23-9-15(16(22-23)17(19)20)25-18(24)21-14-5-3-2-4-11(14)13-8-12(13)10-6-7-10/h2-5,9-10,12-13,17H,6-8H2,1H3,(H,21,24). The van der Waals surface area contributed by atoms with E-state index in [1.807, 2.05) is 24.3 Å². The molecule has 1 N–H and O–H groups in total. The molecule has 25 heavy (non-hydrogen) atoms. The van der Waals surface area contributed by atoms with E-state index in [-0.39, 0.29) is 5.75 Å². The molecule has 1 aromatic heterocycles. The molecule has 132 valence electrons. The number of hydrogen-bond acceptors (Lipinski definition) is 3. The Bertz CT molecular complexity index is 801. The highest BCUT2D eigenvalue weighted by Gasteiger charge is 2.48. The molecule has 7 heteroatoms. The Morgan fingerprint density at radius 1 is 1.36 bits per heavy atom. The van der Waals surface area contributed by atoms with E-state index in [4.69, 9.17) is 4.74 Å². The van der Waals surface area contributed by atoms with Gasteiger partial charge in [-0.15, -0.1) is 0 Å². The third kappa shape index (κ3) is 3.36. The Kier molecular flexibility index (Phi) is 3.94. The fourth-order valence-corrected chi connectivity index (χ4v) is 3.50. The number of aromatic nitrogens is 2. The van der Waals surface area contributed by atoms with Crippen LogP contribution in [-0.4, -0.2) is 15.9 Å². The topological polar surface area (TPSA) is 56.1 Å². The average Bonchev–Trinajstić information content (AvgIpc) is 3.45. The number of hydrogen-bond donors (Lipinski definition) is 1. The fraction of sp³-hybridized carbons (Fsp3) is 0.444. The molecule has 0 bridgehead atoms. The molecule has 2 aliphatic rings. The van der Waals surface area contributed by atoms with Crippen LogP contribution in [0.3, 0.4) is 0 Å². The fourth-order valence-electron chi connectivity index (χ4n) is 3.50. The van der Waals surface area contributed by atoms with Crippen molar-refractivity contribution in [3.05, 3.63) is 41.7 Å². The number of halogens is 2. The van der Waals surface area contributed by atoms with Crippen LogP contribution in [-0.2, 0) is 7.05 Å². The molecule has 1 aromatic carbocycles. The maximum Gasteiger partial charge on any atom is 0.417 e. The van der Waals surface area contributed by atoms with Gasteiger partial charge in [-0.2, -0.15) is 5.10 Å². The van der Waals surface area contributed by atoms with Gasteiger partial charge in [-0.3, -0.25) is 10.00 Å². The van der Waals surface area contributed by atoms with Crippen molar-refractivity contribution in [1.29, 1.82) is 0 Å². The molecule has 4 rings (SSSR count). The first-order chi connectivity index (χ1) is 12.0. The minimum Gasteiger partial charge on any atom is -0.406 e. The van der Waals surface area contributed by atoms with E-state index in [0.29, 0.717) is 17.5 Å². The maximum atomic E-state index is 12.9. The SMILES string of the molecule is Cn1cc(OC(=O)Nc2ccccc2C2CC2C2CC2)c(C(F)F)n1. The summed E-state index contributed by atoms with van der Waals surface area (Å²) in [4.78, 5) is 12.2. The number of nitrogens with zero attached hydrogens (tertiary/aromatic N) is 2. The zero-order chi connectivity index (χ0) is 17.6. The first-order valence-electron chi connectivity index (χ1n) is 8.42. The Labute approximate surface area is 144 Å². The second kappa shape index (κ2) is 6.13. The van der Waals surface area contributed by atoms with Crippen LogP contribution in [0.2, 0.25) is 0 Å². The van der Waals surface area contributed by atoms with Gasteiger partial charge in [0, 0.05) is 12.7 Å². The normalized spacial score (nSPS) is 22.1. The lowest BCUT2D eigenvalue weighted by Crippen LogP contribution is -2.18. The lowest BCUT2D eigenvalue weighted by Gasteiger charge is -2.11. The number of rotatable bonds is 5. The molecular formula is C18H19F2N3O2. The van der Waals surface area contributed by atoms with Gasteiger partial charge in [0.05, 0.1) is 6.20 Å². The molecule has 2 atom stereocenters. The number of anilines is 1. The van der Waals surface area contributed by atoms with Crippen LogP contribution in [0.25, 0.3) is 0 Å². The first kappa shape index (κ1) is 16.1. The van der Waals surface area contributed by atoms with Gasteiger partial charge in [-0.25, -0.2) is 13.6 Å². The summed E-state index contributed by atoms with van der Waals surface area (Å²) >= 11 is 0. The molecule has 2 saturated carbocycles. The zero-order valence-electron chi connectivity index (χ0n) is 13.8. The molecule has 2 aliphatic carbocycles. The highest BCUT2D eigenvalue weighted by atomic mass is 19.3. The molecule has 0 radical (unpaired) electrons. The van der Waals surface area contributed by atoms with Crippen LogP contribution in [0.5, 0.6) is 5.75 Å². The second-order valence-corrected chi connectivity index (χ2v) is 6.80. The van der Waals surface area contributed by atoms with E-state index in [1.165, 1.54) is 30.8 Å². The lowest BCUT2D eigenvalue weighted by molar-refractivity contribution is 0.141. The lowest BCUT2D eigenvalue weighted by atomic mass is 10.1. The molecule has 5 nitrogen and oxygen atoms in total. The van der Waals surface area contributed by atoms with Crippen molar-refractivity contribution in [1.82, 2.24) is 9.78 Å². The van der Waals surface area contributed by atoms with E-state index < -0.39 is 18.2 Å². The number of para-hydroxylation sites is 1. The molecule has 0 saturated heterocycles. The summed E-state index contributed by atoms with van der Waals surface area (Å²) in [5, 5.41) is 6.32. The molecule has 0 spiro atoms. The van der Waals surface area contributed by atoms with Gasteiger partial charge in [0.2, 0.25) is 0 Å². The third-order valence-corrected chi connectivity index (χ3v) is 4.90. The van der Waals surface area contributed by atoms with Crippen LogP contribution in [0.1, 0.15) is 42.9 Å². The Balaban J connectivity index is 1.47. The minimum absolute atomic E-state index is 0.227. The van der Waals surface area contributed by atoms with E-state index in [0.717, 1.165) is 17.9 Å². The number of nitrogens with one attached hydrogen (secondary N) is 1. The zero-order valence-corrected chi connectivity index (χ0v) is 13.8. The van der Waals surface area contributed by atoms with Crippen molar-refractivity contribution >= 4 is 11.8 Å². The van der Waals surface area contributed by atoms with E-state index >= 15 is 0 Å². The molecule has 2 fully saturated rings. The van der Waals surface area contributed by atoms with Gasteiger partial charge in [0.15, 0.2) is 11.4 Å². The van der Waals surface area contributed by atoms with Gasteiger partial charge in [-0.05, 0) is 48.6 Å². The van der Waals surface area contributed by atoms with Crippen LogP contribution in [0.15, 0.2) is 30.5 Å². The number of aryl methyl sites for hydroxylation is 1. The van der Waals surface area contributed by atoms with Crippen molar-refractivity contribution in [3.8, 4) is 5.75 Å². The molecule has 1 heterocycles. The van der Waals surface area contributed by atoms with E-state index in [2.05, 4.69) is 10.4 Å². The van der Waals surface area contributed by atoms with Gasteiger partial charge >= 0.3 is 6.09 Å². The van der Waals surface area contributed by atoms with E-state index in [1.54, 1.807) is 0 Å². The summed E-state index contributed by atoms with van der Waals surface area (Å²) in [6.07, 6.45) is 1.42. The smallest absolute Gasteiger partial charge is 0.406 e. The van der Waals surface area contributed by atoms with E-state index in [9.17, 15) is 13.6 Å². The number of alkyl halides is 2. The Hall–Kier alpha value is -2.44. The summed E-state index contributed by atoms with van der Waals surface area (Å²) in [7, 11) is 1.50. The van der Waals surface area contributed by atoms with Crippen molar-refractivity contribution < 1.29 is 18.3 Å². The summed E-state index contributed by atoms with van der Waals surface area (Å²) < 4.78 is 32.1. The van der Waals surface area contributed by atoms with Crippen molar-refractivity contribution in [3.63, 3.8) is 0 Å². The highest BCUT2D eigenvalue weighted by molar-refractivity contribution is 5.87. The third-order valence-electron chi connectivity index (χ3n) is 4.90. The molecule has 0 aliphatic heterocycles. The Morgan fingerprint density at radius 2 is 2.12 bits per heavy atom. The second-order valence-electron chi connectivity index (χ2n) is 6.80. The van der Waals surface area contributed by atoms with Gasteiger partial charge in [-0.1, -0.05) is 18.2 Å². The minimum atomic E-state index is -2.80. The number of carbonyl (C=O) groups excluding carboxylic acids is 1. The molecule has 2 aromatic rings. The molecule has 1 amide bonds. The summed E-state index contributed by atoms with van der Waals surface area (Å²) in [5.74, 6) is 1.78. The average molecular weight is 347 g/mol. The molecule has 2 unspecified atom stereocenters. The van der Waals surface area contributed by atoms with Gasteiger partial charge < -0.3 is 4.74 Å². The van der Waals surface area contributed by atoms with Crippen molar-refractivity contribution in [2.24, 2.45) is 18.9 Å². The number of amides is 1. The predicted octanol–water partition coefficient (Wildman–Crippen LogP) is 4.48. The van der Waals surface area contributed by atoms with Crippen LogP contribution in [0, 0.1) is 11.8 Å². The Morgan fingerprint density at radius 3 is 2.84 bits per heavy atom. The summed E-state index contributed by atoms with van der Waals surface area (Å²) in [6.45, 7) is 0. The molecular weight excluding hydrogens is 328 g/mol. The predicted molar refractivity (Wildman–Crippen MR) is 87.8 cm³/mol. The monoisotopic (exact) mass is 347 g/mol. The van der Waals surface area contributed by atoms with Crippen molar-refractivity contribution in [2.75, 3.05) is 5.32 Å². The first-order valence-corrected chi connectivity index (χ1v) is 8.42. The van der Waals surface area contributed by atoms with Gasteiger partial charge in [0.25, 0.3) is 6.43 Å². The van der Waals surface area contributed by atoms with Crippen LogP contribution >= 0.6 is 0 Å².